The summed E-state index contributed by atoms with van der Waals surface area (Å²) in [5, 5.41) is 0. The van der Waals surface area contributed by atoms with E-state index >= 15 is 0 Å². The highest BCUT2D eigenvalue weighted by atomic mass is 16.4. The smallest absolute Gasteiger partial charge is 0.191 e. The van der Waals surface area contributed by atoms with Crippen LogP contribution in [0, 0.1) is 6.92 Å². The lowest BCUT2D eigenvalue weighted by Gasteiger charge is -1.93. The molecule has 0 radical (unpaired) electrons. The van der Waals surface area contributed by atoms with Crippen LogP contribution in [0.1, 0.15) is 18.6 Å². The topological polar surface area (TPSA) is 26.0 Å². The van der Waals surface area contributed by atoms with Gasteiger partial charge in [-0.25, -0.2) is 4.98 Å². The summed E-state index contributed by atoms with van der Waals surface area (Å²) in [6, 6.07) is 0. The molecule has 0 amide bonds. The van der Waals surface area contributed by atoms with Crippen LogP contribution in [-0.4, -0.2) is 4.98 Å². The lowest BCUT2D eigenvalue weighted by atomic mass is 10.2. The molecule has 0 aliphatic heterocycles. The first kappa shape index (κ1) is 9.52. The average molecular weight is 175 g/mol. The molecule has 0 aromatic carbocycles. The van der Waals surface area contributed by atoms with Crippen molar-refractivity contribution < 1.29 is 4.42 Å². The Morgan fingerprint density at radius 3 is 2.85 bits per heavy atom. The molecule has 0 aliphatic rings. The highest BCUT2D eigenvalue weighted by Gasteiger charge is 2.01. The molecule has 2 heteroatoms. The van der Waals surface area contributed by atoms with E-state index in [0.717, 1.165) is 11.3 Å². The fraction of sp³-hybridized carbons (Fsp3) is 0.182. The molecule has 1 aromatic rings. The molecule has 0 unspecified atom stereocenters. The Hall–Kier alpha value is -1.57. The molecule has 0 atom stereocenters. The Bertz CT molecular complexity index is 345. The second kappa shape index (κ2) is 4.45. The molecule has 1 rings (SSSR count). The summed E-state index contributed by atoms with van der Waals surface area (Å²) in [7, 11) is 0. The van der Waals surface area contributed by atoms with Crippen molar-refractivity contribution in [3.05, 3.63) is 48.7 Å². The molecule has 0 saturated carbocycles. The van der Waals surface area contributed by atoms with Gasteiger partial charge in [-0.2, -0.15) is 0 Å². The van der Waals surface area contributed by atoms with E-state index in [1.54, 1.807) is 12.3 Å². The van der Waals surface area contributed by atoms with Gasteiger partial charge in [-0.05, 0) is 6.92 Å². The van der Waals surface area contributed by atoms with Crippen LogP contribution in [-0.2, 0) is 0 Å². The van der Waals surface area contributed by atoms with E-state index < -0.39 is 0 Å². The van der Waals surface area contributed by atoms with Crippen molar-refractivity contribution in [2.24, 2.45) is 0 Å². The second-order valence-corrected chi connectivity index (χ2v) is 2.58. The third-order valence-corrected chi connectivity index (χ3v) is 1.63. The molecule has 0 fully saturated rings. The lowest BCUT2D eigenvalue weighted by molar-refractivity contribution is 0.510. The van der Waals surface area contributed by atoms with E-state index in [2.05, 4.69) is 11.6 Å². The monoisotopic (exact) mass is 175 g/mol. The molecule has 13 heavy (non-hydrogen) atoms. The molecular weight excluding hydrogens is 162 g/mol. The van der Waals surface area contributed by atoms with Crippen LogP contribution in [0.5, 0.6) is 0 Å². The van der Waals surface area contributed by atoms with Gasteiger partial charge in [-0.15, -0.1) is 0 Å². The van der Waals surface area contributed by atoms with Gasteiger partial charge in [0.1, 0.15) is 0 Å². The van der Waals surface area contributed by atoms with Gasteiger partial charge in [0.25, 0.3) is 0 Å². The Labute approximate surface area is 78.3 Å². The molecule has 68 valence electrons. The van der Waals surface area contributed by atoms with Crippen LogP contribution in [0.4, 0.5) is 0 Å². The number of allylic oxidation sites excluding steroid dienone is 5. The third-order valence-electron chi connectivity index (χ3n) is 1.63. The predicted octanol–water partition coefficient (Wildman–Crippen LogP) is 3.13. The second-order valence-electron chi connectivity index (χ2n) is 2.58. The summed E-state index contributed by atoms with van der Waals surface area (Å²) in [6.07, 6.45) is 9.23. The average Bonchev–Trinajstić information content (AvgIpc) is 2.54. The SMILES string of the molecule is C=C/C=C\C(=C/C)c1cnc(C)o1. The van der Waals surface area contributed by atoms with Gasteiger partial charge < -0.3 is 4.42 Å². The van der Waals surface area contributed by atoms with Gasteiger partial charge in [0.15, 0.2) is 11.7 Å². The zero-order chi connectivity index (χ0) is 9.68. The zero-order valence-electron chi connectivity index (χ0n) is 7.95. The van der Waals surface area contributed by atoms with E-state index in [9.17, 15) is 0 Å². The molecule has 1 aromatic heterocycles. The molecule has 1 heterocycles. The third kappa shape index (κ3) is 2.44. The van der Waals surface area contributed by atoms with E-state index in [4.69, 9.17) is 4.42 Å². The number of aryl methyl sites for hydroxylation is 1. The van der Waals surface area contributed by atoms with E-state index in [-0.39, 0.29) is 0 Å². The largest absolute Gasteiger partial charge is 0.441 e. The quantitative estimate of drug-likeness (QED) is 0.659. The summed E-state index contributed by atoms with van der Waals surface area (Å²) in [4.78, 5) is 4.03. The Morgan fingerprint density at radius 1 is 1.62 bits per heavy atom. The summed E-state index contributed by atoms with van der Waals surface area (Å²) in [6.45, 7) is 7.39. The first-order chi connectivity index (χ1) is 6.27. The van der Waals surface area contributed by atoms with Gasteiger partial charge in [0, 0.05) is 12.5 Å². The summed E-state index contributed by atoms with van der Waals surface area (Å²) in [5.74, 6) is 1.47. The molecule has 0 spiro atoms. The van der Waals surface area contributed by atoms with Crippen LogP contribution in [0.2, 0.25) is 0 Å². The fourth-order valence-corrected chi connectivity index (χ4v) is 0.987. The van der Waals surface area contributed by atoms with Crippen molar-refractivity contribution >= 4 is 5.57 Å². The highest BCUT2D eigenvalue weighted by Crippen LogP contribution is 2.16. The van der Waals surface area contributed by atoms with Gasteiger partial charge in [-0.3, -0.25) is 0 Å². The van der Waals surface area contributed by atoms with Crippen molar-refractivity contribution in [1.29, 1.82) is 0 Å². The lowest BCUT2D eigenvalue weighted by Crippen LogP contribution is -1.74. The maximum absolute atomic E-state index is 5.37. The van der Waals surface area contributed by atoms with Gasteiger partial charge in [0.2, 0.25) is 0 Å². The van der Waals surface area contributed by atoms with Gasteiger partial charge in [0.05, 0.1) is 6.20 Å². The molecule has 0 aliphatic carbocycles. The number of hydrogen-bond acceptors (Lipinski definition) is 2. The Kier molecular flexibility index (Phi) is 3.26. The number of oxazole rings is 1. The first-order valence-corrected chi connectivity index (χ1v) is 4.16. The van der Waals surface area contributed by atoms with Crippen molar-refractivity contribution in [1.82, 2.24) is 4.98 Å². The molecule has 0 bridgehead atoms. The number of rotatable bonds is 3. The van der Waals surface area contributed by atoms with Crippen molar-refractivity contribution in [3.8, 4) is 0 Å². The van der Waals surface area contributed by atoms with E-state index in [1.165, 1.54) is 0 Å². The number of hydrogen-bond donors (Lipinski definition) is 0. The van der Waals surface area contributed by atoms with Crippen molar-refractivity contribution in [2.45, 2.75) is 13.8 Å². The summed E-state index contributed by atoms with van der Waals surface area (Å²) in [5.41, 5.74) is 1.01. The van der Waals surface area contributed by atoms with Crippen LogP contribution < -0.4 is 0 Å². The maximum Gasteiger partial charge on any atom is 0.191 e. The summed E-state index contributed by atoms with van der Waals surface area (Å²) < 4.78 is 5.37. The molecule has 0 saturated heterocycles. The van der Waals surface area contributed by atoms with Crippen LogP contribution in [0.15, 0.2) is 41.5 Å². The first-order valence-electron chi connectivity index (χ1n) is 4.16. The van der Waals surface area contributed by atoms with Crippen LogP contribution in [0.25, 0.3) is 5.57 Å². The number of nitrogens with zero attached hydrogens (tertiary/aromatic N) is 1. The van der Waals surface area contributed by atoms with Crippen molar-refractivity contribution in [2.75, 3.05) is 0 Å². The minimum atomic E-state index is 0.682. The molecular formula is C11H13NO. The Morgan fingerprint density at radius 2 is 2.38 bits per heavy atom. The molecule has 2 nitrogen and oxygen atoms in total. The normalized spacial score (nSPS) is 12.3. The number of aromatic nitrogens is 1. The Balaban J connectivity index is 2.91. The van der Waals surface area contributed by atoms with Crippen molar-refractivity contribution in [3.63, 3.8) is 0 Å². The minimum Gasteiger partial charge on any atom is -0.441 e. The maximum atomic E-state index is 5.37. The summed E-state index contributed by atoms with van der Waals surface area (Å²) >= 11 is 0. The standard InChI is InChI=1S/C11H13NO/c1-4-6-7-10(5-2)11-8-12-9(3)13-11/h4-8H,1H2,2-3H3/b7-6-,10-5+. The minimum absolute atomic E-state index is 0.682. The zero-order valence-corrected chi connectivity index (χ0v) is 7.95. The highest BCUT2D eigenvalue weighted by molar-refractivity contribution is 5.70. The van der Waals surface area contributed by atoms with Gasteiger partial charge in [-0.1, -0.05) is 30.9 Å². The van der Waals surface area contributed by atoms with E-state index in [0.29, 0.717) is 5.89 Å². The van der Waals surface area contributed by atoms with Crippen LogP contribution in [0.3, 0.4) is 0 Å². The predicted molar refractivity (Wildman–Crippen MR) is 54.2 cm³/mol. The molecule has 0 N–H and O–H groups in total. The van der Waals surface area contributed by atoms with Crippen LogP contribution >= 0.6 is 0 Å². The fourth-order valence-electron chi connectivity index (χ4n) is 0.987. The van der Waals surface area contributed by atoms with E-state index in [1.807, 2.05) is 32.1 Å². The van der Waals surface area contributed by atoms with Gasteiger partial charge >= 0.3 is 0 Å².